The molecule has 0 unspecified atom stereocenters. The Bertz CT molecular complexity index is 562. The second kappa shape index (κ2) is 7.49. The van der Waals surface area contributed by atoms with Gasteiger partial charge in [-0.25, -0.2) is 0 Å². The number of hydrogen-bond acceptors (Lipinski definition) is 3. The summed E-state index contributed by atoms with van der Waals surface area (Å²) in [6, 6.07) is 5.04. The highest BCUT2D eigenvalue weighted by atomic mass is 35.5. The van der Waals surface area contributed by atoms with E-state index in [4.69, 9.17) is 16.3 Å². The Labute approximate surface area is 135 Å². The zero-order valence-electron chi connectivity index (χ0n) is 12.9. The molecular weight excluding hydrogens is 304 g/mol. The van der Waals surface area contributed by atoms with E-state index in [0.29, 0.717) is 23.0 Å². The summed E-state index contributed by atoms with van der Waals surface area (Å²) < 4.78 is 5.21. The van der Waals surface area contributed by atoms with Gasteiger partial charge in [0.15, 0.2) is 0 Å². The molecule has 5 nitrogen and oxygen atoms in total. The number of amides is 2. The zero-order chi connectivity index (χ0) is 16.1. The van der Waals surface area contributed by atoms with Crippen molar-refractivity contribution >= 4 is 29.1 Å². The lowest BCUT2D eigenvalue weighted by molar-refractivity contribution is -0.128. The monoisotopic (exact) mass is 324 g/mol. The maximum absolute atomic E-state index is 12.4. The van der Waals surface area contributed by atoms with E-state index in [2.05, 4.69) is 12.2 Å². The first-order chi connectivity index (χ1) is 10.5. The van der Waals surface area contributed by atoms with Crippen LogP contribution < -0.4 is 10.1 Å². The van der Waals surface area contributed by atoms with E-state index >= 15 is 0 Å². The molecule has 0 saturated carbocycles. The van der Waals surface area contributed by atoms with Crippen LogP contribution in [0.3, 0.4) is 0 Å². The zero-order valence-corrected chi connectivity index (χ0v) is 13.7. The molecule has 6 heteroatoms. The average Bonchev–Trinajstić information content (AvgIpc) is 2.86. The van der Waals surface area contributed by atoms with Crippen molar-refractivity contribution in [2.45, 2.75) is 26.2 Å². The largest absolute Gasteiger partial charge is 0.495 e. The number of ether oxygens (including phenoxy) is 1. The molecule has 0 radical (unpaired) electrons. The van der Waals surface area contributed by atoms with Crippen LogP contribution in [0.25, 0.3) is 0 Å². The van der Waals surface area contributed by atoms with E-state index in [1.165, 1.54) is 7.11 Å². The van der Waals surface area contributed by atoms with Crippen molar-refractivity contribution < 1.29 is 14.3 Å². The van der Waals surface area contributed by atoms with Gasteiger partial charge in [0.1, 0.15) is 5.75 Å². The van der Waals surface area contributed by atoms with Crippen LogP contribution in [0.15, 0.2) is 18.2 Å². The van der Waals surface area contributed by atoms with E-state index in [1.807, 2.05) is 0 Å². The summed E-state index contributed by atoms with van der Waals surface area (Å²) in [5.74, 6) is 0.0949. The van der Waals surface area contributed by atoms with Gasteiger partial charge in [-0.15, -0.1) is 0 Å². The van der Waals surface area contributed by atoms with Crippen molar-refractivity contribution in [3.05, 3.63) is 23.2 Å². The Kier molecular flexibility index (Phi) is 5.66. The van der Waals surface area contributed by atoms with Gasteiger partial charge in [0.25, 0.3) is 0 Å². The standard InChI is InChI=1S/C16H21ClN2O3/c1-3-4-7-19-10-11(8-15(19)20)16(21)18-13-9-12(17)5-6-14(13)22-2/h5-6,9,11H,3-4,7-8,10H2,1-2H3,(H,18,21)/t11-/m0/s1. The van der Waals surface area contributed by atoms with Crippen LogP contribution in [-0.4, -0.2) is 36.9 Å². The third-order valence-electron chi connectivity index (χ3n) is 3.79. The molecule has 0 aliphatic carbocycles. The van der Waals surface area contributed by atoms with Gasteiger partial charge in [0, 0.05) is 24.5 Å². The summed E-state index contributed by atoms with van der Waals surface area (Å²) in [4.78, 5) is 26.1. The third-order valence-corrected chi connectivity index (χ3v) is 4.02. The highest BCUT2D eigenvalue weighted by molar-refractivity contribution is 6.31. The van der Waals surface area contributed by atoms with Crippen LogP contribution in [0.5, 0.6) is 5.75 Å². The Balaban J connectivity index is 2.01. The second-order valence-corrected chi connectivity index (χ2v) is 5.86. The topological polar surface area (TPSA) is 58.6 Å². The number of nitrogens with zero attached hydrogens (tertiary/aromatic N) is 1. The fraction of sp³-hybridized carbons (Fsp3) is 0.500. The number of halogens is 1. The number of hydrogen-bond donors (Lipinski definition) is 1. The van der Waals surface area contributed by atoms with Gasteiger partial charge in [0.05, 0.1) is 18.7 Å². The molecule has 2 rings (SSSR count). The van der Waals surface area contributed by atoms with Crippen LogP contribution in [0.4, 0.5) is 5.69 Å². The predicted octanol–water partition coefficient (Wildman–Crippen LogP) is 2.94. The molecule has 22 heavy (non-hydrogen) atoms. The first-order valence-electron chi connectivity index (χ1n) is 7.47. The summed E-state index contributed by atoms with van der Waals surface area (Å²) in [7, 11) is 1.53. The normalized spacial score (nSPS) is 17.7. The number of carbonyl (C=O) groups excluding carboxylic acids is 2. The molecule has 1 aliphatic heterocycles. The van der Waals surface area contributed by atoms with Crippen LogP contribution >= 0.6 is 11.6 Å². The number of unbranched alkanes of at least 4 members (excludes halogenated alkanes) is 1. The lowest BCUT2D eigenvalue weighted by Gasteiger charge is -2.16. The molecule has 0 aromatic heterocycles. The number of likely N-dealkylation sites (tertiary alicyclic amines) is 1. The molecule has 0 bridgehead atoms. The first-order valence-corrected chi connectivity index (χ1v) is 7.85. The van der Waals surface area contributed by atoms with Crippen molar-refractivity contribution in [1.29, 1.82) is 0 Å². The van der Waals surface area contributed by atoms with Gasteiger partial charge in [-0.2, -0.15) is 0 Å². The average molecular weight is 325 g/mol. The molecular formula is C16H21ClN2O3. The molecule has 1 atom stereocenters. The Hall–Kier alpha value is -1.75. The van der Waals surface area contributed by atoms with E-state index in [1.54, 1.807) is 23.1 Å². The lowest BCUT2D eigenvalue weighted by Crippen LogP contribution is -2.29. The number of anilines is 1. The summed E-state index contributed by atoms with van der Waals surface area (Å²) in [5, 5.41) is 3.33. The van der Waals surface area contributed by atoms with Gasteiger partial charge < -0.3 is 15.0 Å². The van der Waals surface area contributed by atoms with Gasteiger partial charge >= 0.3 is 0 Å². The molecule has 0 spiro atoms. The van der Waals surface area contributed by atoms with E-state index in [9.17, 15) is 9.59 Å². The molecule has 1 aromatic rings. The molecule has 1 fully saturated rings. The summed E-state index contributed by atoms with van der Waals surface area (Å²) in [6.45, 7) is 3.28. The number of carbonyl (C=O) groups is 2. The minimum Gasteiger partial charge on any atom is -0.495 e. The number of rotatable bonds is 6. The maximum Gasteiger partial charge on any atom is 0.229 e. The fourth-order valence-electron chi connectivity index (χ4n) is 2.53. The smallest absolute Gasteiger partial charge is 0.229 e. The number of nitrogens with one attached hydrogen (secondary N) is 1. The molecule has 1 aromatic carbocycles. The first kappa shape index (κ1) is 16.6. The third kappa shape index (κ3) is 3.91. The molecule has 1 saturated heterocycles. The highest BCUT2D eigenvalue weighted by Gasteiger charge is 2.34. The summed E-state index contributed by atoms with van der Waals surface area (Å²) in [5.41, 5.74) is 0.527. The van der Waals surface area contributed by atoms with Crippen molar-refractivity contribution in [1.82, 2.24) is 4.90 Å². The Morgan fingerprint density at radius 2 is 2.27 bits per heavy atom. The van der Waals surface area contributed by atoms with Crippen molar-refractivity contribution in [2.24, 2.45) is 5.92 Å². The maximum atomic E-state index is 12.4. The van der Waals surface area contributed by atoms with E-state index in [0.717, 1.165) is 19.4 Å². The van der Waals surface area contributed by atoms with E-state index < -0.39 is 0 Å². The van der Waals surface area contributed by atoms with E-state index in [-0.39, 0.29) is 24.2 Å². The minimum absolute atomic E-state index is 0.0478. The van der Waals surface area contributed by atoms with Gasteiger partial charge in [-0.3, -0.25) is 9.59 Å². The molecule has 1 N–H and O–H groups in total. The minimum atomic E-state index is -0.326. The number of methoxy groups -OCH3 is 1. The second-order valence-electron chi connectivity index (χ2n) is 5.43. The van der Waals surface area contributed by atoms with Gasteiger partial charge in [-0.05, 0) is 24.6 Å². The molecule has 1 heterocycles. The lowest BCUT2D eigenvalue weighted by atomic mass is 10.1. The SMILES string of the molecule is CCCCN1C[C@@H](C(=O)Nc2cc(Cl)ccc2OC)CC1=O. The highest BCUT2D eigenvalue weighted by Crippen LogP contribution is 2.29. The van der Waals surface area contributed by atoms with Crippen LogP contribution in [0, 0.1) is 5.92 Å². The fourth-order valence-corrected chi connectivity index (χ4v) is 2.70. The van der Waals surface area contributed by atoms with Crippen LogP contribution in [0.1, 0.15) is 26.2 Å². The van der Waals surface area contributed by atoms with Crippen molar-refractivity contribution in [2.75, 3.05) is 25.5 Å². The van der Waals surface area contributed by atoms with Crippen LogP contribution in [0.2, 0.25) is 5.02 Å². The Morgan fingerprint density at radius 1 is 1.50 bits per heavy atom. The predicted molar refractivity (Wildman–Crippen MR) is 86.2 cm³/mol. The quantitative estimate of drug-likeness (QED) is 0.875. The van der Waals surface area contributed by atoms with Crippen LogP contribution in [-0.2, 0) is 9.59 Å². The van der Waals surface area contributed by atoms with Crippen molar-refractivity contribution in [3.8, 4) is 5.75 Å². The summed E-state index contributed by atoms with van der Waals surface area (Å²) >= 11 is 5.95. The van der Waals surface area contributed by atoms with Gasteiger partial charge in [0.2, 0.25) is 11.8 Å². The van der Waals surface area contributed by atoms with Crippen molar-refractivity contribution in [3.63, 3.8) is 0 Å². The van der Waals surface area contributed by atoms with Gasteiger partial charge in [-0.1, -0.05) is 24.9 Å². The number of benzene rings is 1. The molecule has 2 amide bonds. The molecule has 120 valence electrons. The summed E-state index contributed by atoms with van der Waals surface area (Å²) in [6.07, 6.45) is 2.25. The molecule has 1 aliphatic rings. The Morgan fingerprint density at radius 3 is 2.95 bits per heavy atom.